The lowest BCUT2D eigenvalue weighted by atomic mass is 10.2. The van der Waals surface area contributed by atoms with Gasteiger partial charge in [0, 0.05) is 25.7 Å². The minimum Gasteiger partial charge on any atom is -0.492 e. The number of hydrogen-bond donors (Lipinski definition) is 2. The van der Waals surface area contributed by atoms with Crippen molar-refractivity contribution in [2.24, 2.45) is 10.7 Å². The highest BCUT2D eigenvalue weighted by Gasteiger charge is 2.07. The molecular weight excluding hydrogens is 507 g/mol. The van der Waals surface area contributed by atoms with Gasteiger partial charge in [-0.15, -0.1) is 24.0 Å². The first kappa shape index (κ1) is 24.8. The van der Waals surface area contributed by atoms with Crippen molar-refractivity contribution >= 4 is 47.4 Å². The first-order valence-corrected chi connectivity index (χ1v) is 9.16. The molecule has 0 aliphatic rings. The van der Waals surface area contributed by atoms with E-state index in [1.807, 2.05) is 42.3 Å². The van der Waals surface area contributed by atoms with Crippen molar-refractivity contribution in [1.82, 2.24) is 10.2 Å². The summed E-state index contributed by atoms with van der Waals surface area (Å²) < 4.78 is 11.0. The van der Waals surface area contributed by atoms with Gasteiger partial charge in [-0.1, -0.05) is 29.8 Å². The van der Waals surface area contributed by atoms with Crippen LogP contribution in [0.15, 0.2) is 53.5 Å². The molecule has 0 aromatic heterocycles. The third-order valence-corrected chi connectivity index (χ3v) is 4.03. The Balaban J connectivity index is 0.00000420. The number of primary amides is 1. The Morgan fingerprint density at radius 3 is 2.52 bits per heavy atom. The van der Waals surface area contributed by atoms with E-state index in [9.17, 15) is 4.79 Å². The number of carbonyl (C=O) groups excluding carboxylic acids is 1. The number of amides is 1. The lowest BCUT2D eigenvalue weighted by Gasteiger charge is -2.22. The minimum absolute atomic E-state index is 0. The van der Waals surface area contributed by atoms with Crippen molar-refractivity contribution in [3.8, 4) is 11.5 Å². The van der Waals surface area contributed by atoms with Crippen LogP contribution in [-0.2, 0) is 11.3 Å². The maximum atomic E-state index is 10.8. The Morgan fingerprint density at radius 2 is 1.86 bits per heavy atom. The van der Waals surface area contributed by atoms with E-state index in [1.54, 1.807) is 25.2 Å². The van der Waals surface area contributed by atoms with E-state index < -0.39 is 5.91 Å². The third kappa shape index (κ3) is 9.23. The van der Waals surface area contributed by atoms with Gasteiger partial charge in [0.2, 0.25) is 0 Å². The SMILES string of the molecule is CN=C(NCc1cccc(OCC(N)=O)c1)N(C)CCOc1cccc(Cl)c1.I. The number of guanidine groups is 1. The van der Waals surface area contributed by atoms with Gasteiger partial charge in [0.25, 0.3) is 5.91 Å². The van der Waals surface area contributed by atoms with Crippen molar-refractivity contribution in [3.63, 3.8) is 0 Å². The van der Waals surface area contributed by atoms with Crippen LogP contribution in [0.5, 0.6) is 11.5 Å². The molecule has 0 saturated carbocycles. The summed E-state index contributed by atoms with van der Waals surface area (Å²) in [5.41, 5.74) is 6.09. The van der Waals surface area contributed by atoms with Crippen molar-refractivity contribution in [2.45, 2.75) is 6.54 Å². The van der Waals surface area contributed by atoms with Crippen molar-refractivity contribution < 1.29 is 14.3 Å². The molecule has 0 aliphatic heterocycles. The molecule has 2 rings (SSSR count). The average Bonchev–Trinajstić information content (AvgIpc) is 2.67. The fraction of sp³-hybridized carbons (Fsp3) is 0.300. The molecule has 0 saturated heterocycles. The van der Waals surface area contributed by atoms with Crippen LogP contribution in [0.4, 0.5) is 0 Å². The highest BCUT2D eigenvalue weighted by Crippen LogP contribution is 2.17. The highest BCUT2D eigenvalue weighted by molar-refractivity contribution is 14.0. The van der Waals surface area contributed by atoms with E-state index in [1.165, 1.54) is 0 Å². The maximum absolute atomic E-state index is 10.8. The number of carbonyl (C=O) groups is 1. The number of nitrogens with one attached hydrogen (secondary N) is 1. The van der Waals surface area contributed by atoms with Crippen LogP contribution in [0.2, 0.25) is 5.02 Å². The Hall–Kier alpha value is -2.20. The summed E-state index contributed by atoms with van der Waals surface area (Å²) in [7, 11) is 3.66. The summed E-state index contributed by atoms with van der Waals surface area (Å²) in [6.07, 6.45) is 0. The normalized spacial score (nSPS) is 10.7. The molecule has 0 radical (unpaired) electrons. The second-order valence-electron chi connectivity index (χ2n) is 6.03. The minimum atomic E-state index is -0.509. The lowest BCUT2D eigenvalue weighted by molar-refractivity contribution is -0.119. The number of hydrogen-bond acceptors (Lipinski definition) is 4. The number of nitrogens with zero attached hydrogens (tertiary/aromatic N) is 2. The fourth-order valence-electron chi connectivity index (χ4n) is 2.43. The fourth-order valence-corrected chi connectivity index (χ4v) is 2.61. The molecule has 2 aromatic rings. The summed E-state index contributed by atoms with van der Waals surface area (Å²) in [4.78, 5) is 17.1. The second-order valence-corrected chi connectivity index (χ2v) is 6.47. The average molecular weight is 533 g/mol. The summed E-state index contributed by atoms with van der Waals surface area (Å²) in [6, 6.07) is 14.8. The van der Waals surface area contributed by atoms with Gasteiger partial charge in [0.05, 0.1) is 6.54 Å². The quantitative estimate of drug-likeness (QED) is 0.295. The molecule has 2 aromatic carbocycles. The van der Waals surface area contributed by atoms with E-state index >= 15 is 0 Å². The molecule has 1 amide bonds. The Bertz CT molecular complexity index is 820. The molecule has 0 unspecified atom stereocenters. The van der Waals surface area contributed by atoms with Crippen LogP contribution >= 0.6 is 35.6 Å². The zero-order chi connectivity index (χ0) is 20.4. The first-order valence-electron chi connectivity index (χ1n) is 8.78. The van der Waals surface area contributed by atoms with Crippen molar-refractivity contribution in [1.29, 1.82) is 0 Å². The number of rotatable bonds is 9. The van der Waals surface area contributed by atoms with E-state index in [2.05, 4.69) is 10.3 Å². The standard InChI is InChI=1S/C20H25ClN4O3.HI/c1-23-20(25(2)9-10-27-18-8-4-6-16(21)12-18)24-13-15-5-3-7-17(11-15)28-14-19(22)26;/h3-8,11-12H,9-10,13-14H2,1-2H3,(H2,22,26)(H,23,24);1H. The maximum Gasteiger partial charge on any atom is 0.255 e. The zero-order valence-electron chi connectivity index (χ0n) is 16.4. The summed E-state index contributed by atoms with van der Waals surface area (Å²) in [5.74, 6) is 1.55. The molecule has 0 heterocycles. The Kier molecular flexibility index (Phi) is 11.2. The largest absolute Gasteiger partial charge is 0.492 e. The van der Waals surface area contributed by atoms with Gasteiger partial charge in [-0.05, 0) is 35.9 Å². The number of likely N-dealkylation sites (N-methyl/N-ethyl adjacent to an activating group) is 1. The van der Waals surface area contributed by atoms with Gasteiger partial charge in [0.1, 0.15) is 18.1 Å². The monoisotopic (exact) mass is 532 g/mol. The van der Waals surface area contributed by atoms with Crippen LogP contribution in [0.3, 0.4) is 0 Å². The molecule has 0 fully saturated rings. The molecule has 9 heteroatoms. The molecule has 29 heavy (non-hydrogen) atoms. The Labute approximate surface area is 193 Å². The highest BCUT2D eigenvalue weighted by atomic mass is 127. The number of benzene rings is 2. The summed E-state index contributed by atoms with van der Waals surface area (Å²) >= 11 is 5.95. The number of ether oxygens (including phenoxy) is 2. The summed E-state index contributed by atoms with van der Waals surface area (Å²) in [6.45, 7) is 1.55. The molecular formula is C20H26ClIN4O3. The molecule has 0 spiro atoms. The molecule has 0 atom stereocenters. The van der Waals surface area contributed by atoms with Crippen molar-refractivity contribution in [3.05, 3.63) is 59.1 Å². The number of nitrogens with two attached hydrogens (primary N) is 1. The van der Waals surface area contributed by atoms with Gasteiger partial charge in [-0.3, -0.25) is 9.79 Å². The van der Waals surface area contributed by atoms with Gasteiger partial charge in [0.15, 0.2) is 12.6 Å². The Morgan fingerprint density at radius 1 is 1.17 bits per heavy atom. The van der Waals surface area contributed by atoms with E-state index in [0.29, 0.717) is 30.5 Å². The first-order chi connectivity index (χ1) is 13.5. The zero-order valence-corrected chi connectivity index (χ0v) is 19.5. The van der Waals surface area contributed by atoms with Gasteiger partial charge in [-0.25, -0.2) is 0 Å². The van der Waals surface area contributed by atoms with Crippen LogP contribution in [0.25, 0.3) is 0 Å². The van der Waals surface area contributed by atoms with Crippen LogP contribution in [0.1, 0.15) is 5.56 Å². The number of halogens is 2. The summed E-state index contributed by atoms with van der Waals surface area (Å²) in [5, 5.41) is 3.93. The van der Waals surface area contributed by atoms with Gasteiger partial charge in [-0.2, -0.15) is 0 Å². The smallest absolute Gasteiger partial charge is 0.255 e. The second kappa shape index (κ2) is 13.1. The molecule has 3 N–H and O–H groups in total. The van der Waals surface area contributed by atoms with E-state index in [4.69, 9.17) is 26.8 Å². The topological polar surface area (TPSA) is 89.2 Å². The van der Waals surface area contributed by atoms with Crippen molar-refractivity contribution in [2.75, 3.05) is 33.9 Å². The molecule has 158 valence electrons. The van der Waals surface area contributed by atoms with Crippen LogP contribution < -0.4 is 20.5 Å². The predicted molar refractivity (Wildman–Crippen MR) is 126 cm³/mol. The molecule has 0 bridgehead atoms. The third-order valence-electron chi connectivity index (χ3n) is 3.80. The van der Waals surface area contributed by atoms with E-state index in [0.717, 1.165) is 17.3 Å². The number of aliphatic imine (C=N–C) groups is 1. The molecule has 0 aliphatic carbocycles. The van der Waals surface area contributed by atoms with Crippen LogP contribution in [0, 0.1) is 0 Å². The van der Waals surface area contributed by atoms with Gasteiger partial charge >= 0.3 is 0 Å². The van der Waals surface area contributed by atoms with Crippen LogP contribution in [-0.4, -0.2) is 50.6 Å². The van der Waals surface area contributed by atoms with E-state index in [-0.39, 0.29) is 30.6 Å². The predicted octanol–water partition coefficient (Wildman–Crippen LogP) is 2.91. The van der Waals surface area contributed by atoms with Gasteiger partial charge < -0.3 is 25.4 Å². The molecule has 7 nitrogen and oxygen atoms in total. The lowest BCUT2D eigenvalue weighted by Crippen LogP contribution is -2.40.